The molecule has 0 bridgehead atoms. The zero-order valence-electron chi connectivity index (χ0n) is 26.4. The highest BCUT2D eigenvalue weighted by Gasteiger charge is 2.44. The van der Waals surface area contributed by atoms with Gasteiger partial charge in [0.15, 0.2) is 0 Å². The number of hydrogen-bond acceptors (Lipinski definition) is 6. The molecule has 0 saturated heterocycles. The summed E-state index contributed by atoms with van der Waals surface area (Å²) in [6.45, 7) is 20.8. The number of esters is 1. The van der Waals surface area contributed by atoms with Crippen LogP contribution in [-0.2, 0) is 23.9 Å². The molecule has 1 aromatic rings. The van der Waals surface area contributed by atoms with Crippen molar-refractivity contribution < 1.29 is 28.7 Å². The van der Waals surface area contributed by atoms with Crippen LogP contribution in [0.4, 0.5) is 4.79 Å². The van der Waals surface area contributed by atoms with Gasteiger partial charge in [0.25, 0.3) is 0 Å². The van der Waals surface area contributed by atoms with E-state index in [4.69, 9.17) is 9.47 Å². The minimum Gasteiger partial charge on any atom is -0.466 e. The van der Waals surface area contributed by atoms with Gasteiger partial charge in [-0.2, -0.15) is 0 Å². The van der Waals surface area contributed by atoms with E-state index in [0.29, 0.717) is 18.4 Å². The number of ether oxygens (including phenoxy) is 2. The minimum absolute atomic E-state index is 0.0138. The second kappa shape index (κ2) is 15.1. The van der Waals surface area contributed by atoms with Crippen LogP contribution in [0.25, 0.3) is 0 Å². The van der Waals surface area contributed by atoms with Gasteiger partial charge in [-0.3, -0.25) is 14.4 Å². The van der Waals surface area contributed by atoms with Crippen molar-refractivity contribution in [3.63, 3.8) is 0 Å². The summed E-state index contributed by atoms with van der Waals surface area (Å²) in [6, 6.07) is 3.74. The normalized spacial score (nSPS) is 14.0. The van der Waals surface area contributed by atoms with Gasteiger partial charge in [-0.05, 0) is 84.4 Å². The van der Waals surface area contributed by atoms with Crippen molar-refractivity contribution in [3.05, 3.63) is 34.9 Å². The molecule has 0 radical (unpaired) electrons. The molecule has 3 amide bonds. The first-order chi connectivity index (χ1) is 18.5. The Kier molecular flexibility index (Phi) is 13.1. The van der Waals surface area contributed by atoms with Gasteiger partial charge in [-0.1, -0.05) is 45.4 Å². The molecule has 0 heterocycles. The first-order valence-corrected chi connectivity index (χ1v) is 14.3. The number of hydrogen-bond donors (Lipinski definition) is 2. The first kappa shape index (κ1) is 34.9. The van der Waals surface area contributed by atoms with Crippen molar-refractivity contribution in [2.75, 3.05) is 13.2 Å². The van der Waals surface area contributed by atoms with Crippen molar-refractivity contribution in [1.82, 2.24) is 15.5 Å². The van der Waals surface area contributed by atoms with E-state index in [1.165, 1.54) is 0 Å². The summed E-state index contributed by atoms with van der Waals surface area (Å²) in [4.78, 5) is 54.9. The minimum atomic E-state index is -1.00. The van der Waals surface area contributed by atoms with E-state index < -0.39 is 41.2 Å². The Labute approximate surface area is 240 Å². The fraction of sp³-hybridized carbons (Fsp3) is 0.677. The van der Waals surface area contributed by atoms with Gasteiger partial charge < -0.3 is 25.0 Å². The summed E-state index contributed by atoms with van der Waals surface area (Å²) in [6.07, 6.45) is 0.491. The predicted molar refractivity (Wildman–Crippen MR) is 157 cm³/mol. The Morgan fingerprint density at radius 3 is 2.15 bits per heavy atom. The molecule has 0 aliphatic heterocycles. The number of benzene rings is 1. The Bertz CT molecular complexity index is 1030. The van der Waals surface area contributed by atoms with Gasteiger partial charge >= 0.3 is 12.1 Å². The molecule has 1 aromatic carbocycles. The third-order valence-corrected chi connectivity index (χ3v) is 7.29. The van der Waals surface area contributed by atoms with Crippen molar-refractivity contribution in [3.8, 4) is 0 Å². The smallest absolute Gasteiger partial charge is 0.408 e. The van der Waals surface area contributed by atoms with Crippen LogP contribution in [0.3, 0.4) is 0 Å². The SMILES string of the molecule is CCOC(=O)CCNC(=O)C(c1cccc(C)c1C)N(C(=O)C(NC(=O)OC(C)(C)C)C(C)CC)C(C)(C)CC. The maximum Gasteiger partial charge on any atom is 0.408 e. The van der Waals surface area contributed by atoms with E-state index in [2.05, 4.69) is 10.6 Å². The number of rotatable bonds is 13. The van der Waals surface area contributed by atoms with E-state index >= 15 is 0 Å². The summed E-state index contributed by atoms with van der Waals surface area (Å²) in [5, 5.41) is 5.66. The van der Waals surface area contributed by atoms with Crippen LogP contribution in [0.1, 0.15) is 104 Å². The molecule has 226 valence electrons. The fourth-order valence-corrected chi connectivity index (χ4v) is 4.30. The number of carbonyl (C=O) groups is 4. The van der Waals surface area contributed by atoms with E-state index in [1.807, 2.05) is 66.7 Å². The molecule has 3 atom stereocenters. The zero-order chi connectivity index (χ0) is 30.8. The summed E-state index contributed by atoms with van der Waals surface area (Å²) < 4.78 is 10.5. The lowest BCUT2D eigenvalue weighted by Crippen LogP contribution is -2.60. The van der Waals surface area contributed by atoms with E-state index in [1.54, 1.807) is 32.6 Å². The highest BCUT2D eigenvalue weighted by Crippen LogP contribution is 2.35. The van der Waals surface area contributed by atoms with E-state index in [0.717, 1.165) is 11.1 Å². The summed E-state index contributed by atoms with van der Waals surface area (Å²) in [5.41, 5.74) is 1.04. The predicted octanol–water partition coefficient (Wildman–Crippen LogP) is 5.37. The number of amides is 3. The van der Waals surface area contributed by atoms with E-state index in [-0.39, 0.29) is 31.4 Å². The summed E-state index contributed by atoms with van der Waals surface area (Å²) in [5.74, 6) is -1.43. The van der Waals surface area contributed by atoms with Crippen LogP contribution in [-0.4, -0.2) is 59.1 Å². The van der Waals surface area contributed by atoms with Gasteiger partial charge in [0.05, 0.1) is 13.0 Å². The maximum absolute atomic E-state index is 14.5. The molecule has 1 rings (SSSR count). The number of aryl methyl sites for hydroxylation is 1. The third-order valence-electron chi connectivity index (χ3n) is 7.29. The first-order valence-electron chi connectivity index (χ1n) is 14.3. The van der Waals surface area contributed by atoms with Gasteiger partial charge in [0.2, 0.25) is 11.8 Å². The topological polar surface area (TPSA) is 114 Å². The van der Waals surface area contributed by atoms with Crippen molar-refractivity contribution in [1.29, 1.82) is 0 Å². The number of carbonyl (C=O) groups excluding carboxylic acids is 4. The Morgan fingerprint density at radius 2 is 1.62 bits per heavy atom. The average Bonchev–Trinajstić information content (AvgIpc) is 2.85. The van der Waals surface area contributed by atoms with Crippen molar-refractivity contribution in [2.24, 2.45) is 5.92 Å². The van der Waals surface area contributed by atoms with Gasteiger partial charge in [-0.25, -0.2) is 4.79 Å². The standard InChI is InChI=1S/C31H51N3O6/c1-12-20(4)25(33-29(38)40-30(7,8)9)28(37)34(31(10,11)13-2)26(23-17-15-16-21(5)22(23)6)27(36)32-19-18-24(35)39-14-3/h15-17,20,25-26H,12-14,18-19H2,1-11H3,(H,32,36)(H,33,38). The lowest BCUT2D eigenvalue weighted by molar-refractivity contribution is -0.150. The largest absolute Gasteiger partial charge is 0.466 e. The number of alkyl carbamates (subject to hydrolysis) is 1. The molecular weight excluding hydrogens is 510 g/mol. The molecule has 40 heavy (non-hydrogen) atoms. The molecule has 0 aliphatic rings. The number of nitrogens with zero attached hydrogens (tertiary/aromatic N) is 1. The van der Waals surface area contributed by atoms with Gasteiger partial charge in [-0.15, -0.1) is 0 Å². The van der Waals surface area contributed by atoms with Gasteiger partial charge in [0.1, 0.15) is 17.7 Å². The molecule has 0 spiro atoms. The quantitative estimate of drug-likeness (QED) is 0.313. The molecule has 9 nitrogen and oxygen atoms in total. The Morgan fingerprint density at radius 1 is 1.00 bits per heavy atom. The second-order valence-electron chi connectivity index (χ2n) is 11.9. The monoisotopic (exact) mass is 561 g/mol. The van der Waals surface area contributed by atoms with E-state index in [9.17, 15) is 19.2 Å². The highest BCUT2D eigenvalue weighted by molar-refractivity contribution is 5.93. The molecule has 0 aliphatic carbocycles. The molecule has 0 fully saturated rings. The van der Waals surface area contributed by atoms with Crippen molar-refractivity contribution >= 4 is 23.9 Å². The lowest BCUT2D eigenvalue weighted by atomic mass is 9.87. The number of nitrogens with one attached hydrogen (secondary N) is 2. The third kappa shape index (κ3) is 9.82. The molecule has 3 unspecified atom stereocenters. The Hall–Kier alpha value is -3.10. The van der Waals surface area contributed by atoms with Crippen LogP contribution in [0.2, 0.25) is 0 Å². The lowest BCUT2D eigenvalue weighted by Gasteiger charge is -2.45. The second-order valence-corrected chi connectivity index (χ2v) is 11.9. The summed E-state index contributed by atoms with van der Waals surface area (Å²) in [7, 11) is 0. The fourth-order valence-electron chi connectivity index (χ4n) is 4.30. The molecule has 0 saturated carbocycles. The molecule has 2 N–H and O–H groups in total. The maximum atomic E-state index is 14.5. The Balaban J connectivity index is 3.68. The van der Waals surface area contributed by atoms with Crippen molar-refractivity contribution in [2.45, 2.75) is 119 Å². The molecule has 9 heteroatoms. The zero-order valence-corrected chi connectivity index (χ0v) is 26.4. The van der Waals surface area contributed by atoms with Crippen LogP contribution in [0, 0.1) is 19.8 Å². The average molecular weight is 562 g/mol. The van der Waals surface area contributed by atoms with Crippen LogP contribution >= 0.6 is 0 Å². The highest BCUT2D eigenvalue weighted by atomic mass is 16.6. The van der Waals surface area contributed by atoms with Crippen LogP contribution in [0.15, 0.2) is 18.2 Å². The molecular formula is C31H51N3O6. The van der Waals surface area contributed by atoms with Crippen LogP contribution in [0.5, 0.6) is 0 Å². The van der Waals surface area contributed by atoms with Gasteiger partial charge in [0, 0.05) is 12.1 Å². The van der Waals surface area contributed by atoms with Crippen LogP contribution < -0.4 is 10.6 Å². The summed E-state index contributed by atoms with van der Waals surface area (Å²) >= 11 is 0. The molecule has 0 aromatic heterocycles.